The van der Waals surface area contributed by atoms with Gasteiger partial charge in [0, 0.05) is 12.3 Å². The highest BCUT2D eigenvalue weighted by atomic mass is 35.5. The maximum Gasteiger partial charge on any atom is 0.191 e. The highest BCUT2D eigenvalue weighted by Gasteiger charge is 2.13. The van der Waals surface area contributed by atoms with Crippen molar-refractivity contribution in [3.63, 3.8) is 0 Å². The van der Waals surface area contributed by atoms with Crippen LogP contribution in [0.1, 0.15) is 29.4 Å². The van der Waals surface area contributed by atoms with Crippen LogP contribution in [0.2, 0.25) is 10.0 Å². The molecule has 0 atom stereocenters. The summed E-state index contributed by atoms with van der Waals surface area (Å²) in [4.78, 5) is 0. The molecule has 0 radical (unpaired) electrons. The van der Waals surface area contributed by atoms with E-state index in [-0.39, 0.29) is 0 Å². The molecule has 0 aliphatic rings. The number of aryl methyl sites for hydroxylation is 2. The van der Waals surface area contributed by atoms with E-state index in [1.807, 2.05) is 30.3 Å². The van der Waals surface area contributed by atoms with Crippen LogP contribution < -0.4 is 4.74 Å². The van der Waals surface area contributed by atoms with Crippen LogP contribution in [0.4, 0.5) is 0 Å². The smallest absolute Gasteiger partial charge is 0.191 e. The second kappa shape index (κ2) is 9.00. The lowest BCUT2D eigenvalue weighted by Crippen LogP contribution is -2.07. The predicted octanol–water partition coefficient (Wildman–Crippen LogP) is 6.09. The molecule has 0 N–H and O–H groups in total. The number of hydrogen-bond acceptors (Lipinski definition) is 4. The van der Waals surface area contributed by atoms with E-state index in [1.54, 1.807) is 11.8 Å². The molecule has 0 unspecified atom stereocenters. The van der Waals surface area contributed by atoms with Gasteiger partial charge in [0.2, 0.25) is 0 Å². The Balaban J connectivity index is 1.67. The van der Waals surface area contributed by atoms with Crippen LogP contribution in [0, 0.1) is 13.8 Å². The molecule has 7 heteroatoms. The summed E-state index contributed by atoms with van der Waals surface area (Å²) < 4.78 is 8.01. The number of nitrogens with zero attached hydrogens (tertiary/aromatic N) is 3. The standard InChI is InChI=1S/C20H21Cl2N3OS/c1-4-25-19(11-26-16-8-13(2)7-14(3)9-16)23-24-20(25)27-12-15-5-6-17(21)18(22)10-15/h5-10H,4,11-12H2,1-3H3. The van der Waals surface area contributed by atoms with Crippen LogP contribution in [-0.4, -0.2) is 14.8 Å². The fourth-order valence-corrected chi connectivity index (χ4v) is 4.08. The van der Waals surface area contributed by atoms with Gasteiger partial charge in [0.25, 0.3) is 0 Å². The van der Waals surface area contributed by atoms with E-state index < -0.39 is 0 Å². The van der Waals surface area contributed by atoms with E-state index >= 15 is 0 Å². The first kappa shape index (κ1) is 20.1. The largest absolute Gasteiger partial charge is 0.486 e. The van der Waals surface area contributed by atoms with E-state index in [9.17, 15) is 0 Å². The van der Waals surface area contributed by atoms with Crippen LogP contribution in [0.25, 0.3) is 0 Å². The number of ether oxygens (including phenoxy) is 1. The number of benzene rings is 2. The van der Waals surface area contributed by atoms with Gasteiger partial charge in [-0.1, -0.05) is 47.1 Å². The van der Waals surface area contributed by atoms with Crippen molar-refractivity contribution < 1.29 is 4.74 Å². The van der Waals surface area contributed by atoms with E-state index in [1.165, 1.54) is 11.1 Å². The molecule has 1 aromatic heterocycles. The summed E-state index contributed by atoms with van der Waals surface area (Å²) in [5, 5.41) is 10.6. The fourth-order valence-electron chi connectivity index (χ4n) is 2.79. The van der Waals surface area contributed by atoms with Gasteiger partial charge in [-0.05, 0) is 61.7 Å². The second-order valence-corrected chi connectivity index (χ2v) is 8.05. The molecule has 142 valence electrons. The molecule has 4 nitrogen and oxygen atoms in total. The third-order valence-corrected chi connectivity index (χ3v) is 5.80. The Morgan fingerprint density at radius 3 is 2.41 bits per heavy atom. The van der Waals surface area contributed by atoms with Crippen molar-refractivity contribution in [1.29, 1.82) is 0 Å². The summed E-state index contributed by atoms with van der Waals surface area (Å²) in [5.41, 5.74) is 3.45. The quantitative estimate of drug-likeness (QED) is 0.432. The molecule has 0 amide bonds. The minimum absolute atomic E-state index is 0.386. The van der Waals surface area contributed by atoms with Gasteiger partial charge in [0.15, 0.2) is 11.0 Å². The molecule has 2 aromatic carbocycles. The van der Waals surface area contributed by atoms with Crippen molar-refractivity contribution in [2.75, 3.05) is 0 Å². The number of rotatable bonds is 7. The molecule has 0 fully saturated rings. The molecule has 3 rings (SSSR count). The molecule has 0 aliphatic heterocycles. The van der Waals surface area contributed by atoms with E-state index in [2.05, 4.69) is 41.6 Å². The Labute approximate surface area is 173 Å². The molecule has 3 aromatic rings. The minimum atomic E-state index is 0.386. The number of hydrogen-bond donors (Lipinski definition) is 0. The van der Waals surface area contributed by atoms with Crippen LogP contribution in [0.3, 0.4) is 0 Å². The van der Waals surface area contributed by atoms with Crippen molar-refractivity contribution in [2.45, 2.75) is 44.8 Å². The summed E-state index contributed by atoms with van der Waals surface area (Å²) in [6.45, 7) is 7.37. The number of thioether (sulfide) groups is 1. The summed E-state index contributed by atoms with van der Waals surface area (Å²) in [5.74, 6) is 2.41. The Kier molecular flexibility index (Phi) is 6.68. The molecule has 0 saturated heterocycles. The van der Waals surface area contributed by atoms with Crippen LogP contribution >= 0.6 is 35.0 Å². The van der Waals surface area contributed by atoms with Crippen molar-refractivity contribution in [3.05, 3.63) is 69.0 Å². The van der Waals surface area contributed by atoms with Gasteiger partial charge in [0.1, 0.15) is 12.4 Å². The number of halogens is 2. The van der Waals surface area contributed by atoms with Crippen LogP contribution in [0.5, 0.6) is 5.75 Å². The number of aromatic nitrogens is 3. The Hall–Kier alpha value is -1.69. The molecule has 0 bridgehead atoms. The molecule has 27 heavy (non-hydrogen) atoms. The molecule has 1 heterocycles. The summed E-state index contributed by atoms with van der Waals surface area (Å²) in [7, 11) is 0. The molecule has 0 saturated carbocycles. The van der Waals surface area contributed by atoms with E-state index in [4.69, 9.17) is 27.9 Å². The van der Waals surface area contributed by atoms with Gasteiger partial charge in [-0.2, -0.15) is 0 Å². The Morgan fingerprint density at radius 1 is 1.00 bits per heavy atom. The normalized spacial score (nSPS) is 11.0. The second-order valence-electron chi connectivity index (χ2n) is 6.29. The maximum absolute atomic E-state index is 6.09. The van der Waals surface area contributed by atoms with Gasteiger partial charge in [0.05, 0.1) is 10.0 Å². The summed E-state index contributed by atoms with van der Waals surface area (Å²) >= 11 is 13.7. The average Bonchev–Trinajstić information content (AvgIpc) is 3.02. The van der Waals surface area contributed by atoms with Crippen molar-refractivity contribution >= 4 is 35.0 Å². The van der Waals surface area contributed by atoms with Crippen molar-refractivity contribution in [2.24, 2.45) is 0 Å². The van der Waals surface area contributed by atoms with Gasteiger partial charge in [-0.15, -0.1) is 10.2 Å². The zero-order chi connectivity index (χ0) is 19.4. The summed E-state index contributed by atoms with van der Waals surface area (Å²) in [6.07, 6.45) is 0. The Bertz CT molecular complexity index is 923. The predicted molar refractivity (Wildman–Crippen MR) is 112 cm³/mol. The van der Waals surface area contributed by atoms with Crippen LogP contribution in [-0.2, 0) is 18.9 Å². The van der Waals surface area contributed by atoms with Gasteiger partial charge < -0.3 is 9.30 Å². The molecular formula is C20H21Cl2N3OS. The monoisotopic (exact) mass is 421 g/mol. The fraction of sp³-hybridized carbons (Fsp3) is 0.300. The highest BCUT2D eigenvalue weighted by molar-refractivity contribution is 7.98. The lowest BCUT2D eigenvalue weighted by atomic mass is 10.1. The van der Waals surface area contributed by atoms with Gasteiger partial charge >= 0.3 is 0 Å². The first-order valence-electron chi connectivity index (χ1n) is 8.66. The lowest BCUT2D eigenvalue weighted by Gasteiger charge is -2.10. The zero-order valence-corrected chi connectivity index (χ0v) is 17.8. The Morgan fingerprint density at radius 2 is 1.74 bits per heavy atom. The van der Waals surface area contributed by atoms with E-state index in [0.717, 1.165) is 34.6 Å². The molecule has 0 aliphatic carbocycles. The average molecular weight is 422 g/mol. The summed E-state index contributed by atoms with van der Waals surface area (Å²) in [6, 6.07) is 11.8. The SMILES string of the molecule is CCn1c(COc2cc(C)cc(C)c2)nnc1SCc1ccc(Cl)c(Cl)c1. The van der Waals surface area contributed by atoms with Gasteiger partial charge in [-0.3, -0.25) is 0 Å². The highest BCUT2D eigenvalue weighted by Crippen LogP contribution is 2.27. The van der Waals surface area contributed by atoms with Crippen LogP contribution in [0.15, 0.2) is 41.6 Å². The van der Waals surface area contributed by atoms with Crippen molar-refractivity contribution in [3.8, 4) is 5.75 Å². The molecular weight excluding hydrogens is 401 g/mol. The van der Waals surface area contributed by atoms with E-state index in [0.29, 0.717) is 16.7 Å². The van der Waals surface area contributed by atoms with Gasteiger partial charge in [-0.25, -0.2) is 0 Å². The topological polar surface area (TPSA) is 39.9 Å². The first-order chi connectivity index (χ1) is 13.0. The third-order valence-electron chi connectivity index (χ3n) is 4.02. The molecule has 0 spiro atoms. The maximum atomic E-state index is 6.09. The zero-order valence-electron chi connectivity index (χ0n) is 15.5. The first-order valence-corrected chi connectivity index (χ1v) is 10.4. The van der Waals surface area contributed by atoms with Crippen molar-refractivity contribution in [1.82, 2.24) is 14.8 Å². The lowest BCUT2D eigenvalue weighted by molar-refractivity contribution is 0.288. The minimum Gasteiger partial charge on any atom is -0.486 e. The third kappa shape index (κ3) is 5.18.